The van der Waals surface area contributed by atoms with Crippen molar-refractivity contribution in [3.05, 3.63) is 65.2 Å². The summed E-state index contributed by atoms with van der Waals surface area (Å²) in [6.45, 7) is 0.770. The van der Waals surface area contributed by atoms with Crippen LogP contribution in [0, 0.1) is 0 Å². The first-order chi connectivity index (χ1) is 9.40. The molecule has 3 heteroatoms. The minimum Gasteiger partial charge on any atom is -0.395 e. The highest BCUT2D eigenvalue weighted by Gasteiger charge is 2.22. The van der Waals surface area contributed by atoms with Gasteiger partial charge in [0, 0.05) is 17.2 Å². The lowest BCUT2D eigenvalue weighted by Crippen LogP contribution is -2.26. The molecule has 0 bridgehead atoms. The van der Waals surface area contributed by atoms with Crippen LogP contribution in [0.15, 0.2) is 53.4 Å². The Hall–Kier alpha value is -1.29. The molecule has 1 unspecified atom stereocenters. The summed E-state index contributed by atoms with van der Waals surface area (Å²) in [6, 6.07) is 17.3. The zero-order valence-electron chi connectivity index (χ0n) is 10.7. The Morgan fingerprint density at radius 1 is 1.05 bits per heavy atom. The van der Waals surface area contributed by atoms with Crippen LogP contribution in [0.1, 0.15) is 22.7 Å². The Labute approximate surface area is 117 Å². The molecule has 98 valence electrons. The van der Waals surface area contributed by atoms with Gasteiger partial charge in [-0.1, -0.05) is 42.5 Å². The molecule has 1 heterocycles. The van der Waals surface area contributed by atoms with Gasteiger partial charge in [0.1, 0.15) is 0 Å². The second kappa shape index (κ2) is 5.78. The molecule has 1 aliphatic heterocycles. The number of thioether (sulfide) groups is 1. The molecule has 0 aliphatic carbocycles. The molecule has 2 aromatic rings. The third-order valence-corrected chi connectivity index (χ3v) is 4.58. The van der Waals surface area contributed by atoms with Gasteiger partial charge in [-0.25, -0.2) is 0 Å². The predicted molar refractivity (Wildman–Crippen MR) is 79.4 cm³/mol. The Morgan fingerprint density at radius 3 is 2.63 bits per heavy atom. The maximum atomic E-state index is 9.10. The number of fused-ring (bicyclic) bond motifs is 2. The van der Waals surface area contributed by atoms with Crippen LogP contribution < -0.4 is 5.32 Å². The number of aliphatic hydroxyl groups excluding tert-OH is 1. The number of nitrogens with one attached hydrogen (secondary N) is 1. The van der Waals surface area contributed by atoms with Gasteiger partial charge in [0.2, 0.25) is 0 Å². The molecule has 1 aliphatic rings. The summed E-state index contributed by atoms with van der Waals surface area (Å²) in [5.74, 6) is 1.00. The maximum Gasteiger partial charge on any atom is 0.0591 e. The number of hydrogen-bond acceptors (Lipinski definition) is 3. The van der Waals surface area contributed by atoms with E-state index >= 15 is 0 Å². The first-order valence-electron chi connectivity index (χ1n) is 6.54. The highest BCUT2D eigenvalue weighted by Crippen LogP contribution is 2.38. The molecular weight excluding hydrogens is 254 g/mol. The van der Waals surface area contributed by atoms with Crippen LogP contribution in [0.5, 0.6) is 0 Å². The Morgan fingerprint density at radius 2 is 1.79 bits per heavy atom. The maximum absolute atomic E-state index is 9.10. The molecule has 2 aromatic carbocycles. The second-order valence-corrected chi connectivity index (χ2v) is 5.65. The van der Waals surface area contributed by atoms with Crippen LogP contribution in [0.4, 0.5) is 0 Å². The molecule has 0 amide bonds. The third kappa shape index (κ3) is 2.54. The smallest absolute Gasteiger partial charge is 0.0591 e. The van der Waals surface area contributed by atoms with Gasteiger partial charge in [0.25, 0.3) is 0 Å². The van der Waals surface area contributed by atoms with Crippen LogP contribution in [0.3, 0.4) is 0 Å². The fourth-order valence-corrected chi connectivity index (χ4v) is 3.65. The average molecular weight is 271 g/mol. The first-order valence-corrected chi connectivity index (χ1v) is 7.52. The molecule has 0 aromatic heterocycles. The summed E-state index contributed by atoms with van der Waals surface area (Å²) in [7, 11) is 0. The summed E-state index contributed by atoms with van der Waals surface area (Å²) >= 11 is 1.89. The number of benzene rings is 2. The molecule has 0 spiro atoms. The van der Waals surface area contributed by atoms with E-state index in [0.29, 0.717) is 6.54 Å². The van der Waals surface area contributed by atoms with E-state index in [9.17, 15) is 0 Å². The highest BCUT2D eigenvalue weighted by atomic mass is 32.2. The zero-order valence-corrected chi connectivity index (χ0v) is 11.5. The Balaban J connectivity index is 2.08. The Bertz CT molecular complexity index is 523. The number of hydrogen-bond donors (Lipinski definition) is 2. The van der Waals surface area contributed by atoms with Gasteiger partial charge in [0.05, 0.1) is 12.6 Å². The van der Waals surface area contributed by atoms with Gasteiger partial charge >= 0.3 is 0 Å². The van der Waals surface area contributed by atoms with Crippen molar-refractivity contribution in [2.24, 2.45) is 0 Å². The molecular formula is C16H17NOS. The normalized spacial score (nSPS) is 17.4. The third-order valence-electron chi connectivity index (χ3n) is 3.44. The van der Waals surface area contributed by atoms with Crippen LogP contribution in [0.25, 0.3) is 0 Å². The summed E-state index contributed by atoms with van der Waals surface area (Å²) in [5.41, 5.74) is 4.01. The highest BCUT2D eigenvalue weighted by molar-refractivity contribution is 7.98. The molecule has 0 saturated carbocycles. The van der Waals surface area contributed by atoms with Crippen molar-refractivity contribution >= 4 is 11.8 Å². The lowest BCUT2D eigenvalue weighted by Gasteiger charge is -2.21. The van der Waals surface area contributed by atoms with Gasteiger partial charge in [0.15, 0.2) is 0 Å². The molecule has 19 heavy (non-hydrogen) atoms. The van der Waals surface area contributed by atoms with Crippen molar-refractivity contribution in [3.63, 3.8) is 0 Å². The second-order valence-electron chi connectivity index (χ2n) is 4.64. The van der Waals surface area contributed by atoms with Crippen LogP contribution in [-0.2, 0) is 5.75 Å². The fraction of sp³-hybridized carbons (Fsp3) is 0.250. The molecule has 3 rings (SSSR count). The van der Waals surface area contributed by atoms with E-state index in [-0.39, 0.29) is 12.6 Å². The van der Waals surface area contributed by atoms with Crippen LogP contribution in [0.2, 0.25) is 0 Å². The lowest BCUT2D eigenvalue weighted by atomic mass is 9.95. The predicted octanol–water partition coefficient (Wildman–Crippen LogP) is 2.96. The summed E-state index contributed by atoms with van der Waals surface area (Å²) in [5, 5.41) is 12.6. The zero-order chi connectivity index (χ0) is 13.1. The summed E-state index contributed by atoms with van der Waals surface area (Å²) in [6.07, 6.45) is 0. The topological polar surface area (TPSA) is 32.3 Å². The molecule has 0 radical (unpaired) electrons. The standard InChI is InChI=1S/C16H17NOS/c18-10-9-17-16-13-6-2-1-5-12(13)11-19-15-8-4-3-7-14(15)16/h1-8,16-18H,9-11H2. The number of rotatable bonds is 3. The molecule has 2 N–H and O–H groups in total. The van der Waals surface area contributed by atoms with E-state index in [4.69, 9.17) is 5.11 Å². The first kappa shape index (κ1) is 12.7. The minimum atomic E-state index is 0.161. The van der Waals surface area contributed by atoms with Gasteiger partial charge < -0.3 is 10.4 Å². The van der Waals surface area contributed by atoms with Crippen LogP contribution >= 0.6 is 11.8 Å². The van der Waals surface area contributed by atoms with E-state index in [1.54, 1.807) is 0 Å². The van der Waals surface area contributed by atoms with E-state index in [0.717, 1.165) is 5.75 Å². The Kier molecular flexibility index (Phi) is 3.87. The molecule has 0 fully saturated rings. The van der Waals surface area contributed by atoms with Gasteiger partial charge in [-0.15, -0.1) is 11.8 Å². The molecule has 2 nitrogen and oxygen atoms in total. The van der Waals surface area contributed by atoms with Gasteiger partial charge in [-0.05, 0) is 22.8 Å². The van der Waals surface area contributed by atoms with Crippen molar-refractivity contribution in [3.8, 4) is 0 Å². The van der Waals surface area contributed by atoms with E-state index in [1.165, 1.54) is 21.6 Å². The van der Waals surface area contributed by atoms with Crippen LogP contribution in [-0.4, -0.2) is 18.3 Å². The fourth-order valence-electron chi connectivity index (χ4n) is 2.55. The van der Waals surface area contributed by atoms with Crippen molar-refractivity contribution in [2.75, 3.05) is 13.2 Å². The lowest BCUT2D eigenvalue weighted by molar-refractivity contribution is 0.288. The van der Waals surface area contributed by atoms with E-state index < -0.39 is 0 Å². The van der Waals surface area contributed by atoms with E-state index in [1.807, 2.05) is 11.8 Å². The SMILES string of the molecule is OCCNC1c2ccccc2CSc2ccccc21. The average Bonchev–Trinajstić information content (AvgIpc) is 2.62. The quantitative estimate of drug-likeness (QED) is 0.900. The van der Waals surface area contributed by atoms with Crippen molar-refractivity contribution in [1.29, 1.82) is 0 Å². The van der Waals surface area contributed by atoms with Crippen molar-refractivity contribution < 1.29 is 5.11 Å². The number of aliphatic hydroxyl groups is 1. The monoisotopic (exact) mass is 271 g/mol. The largest absolute Gasteiger partial charge is 0.395 e. The summed E-state index contributed by atoms with van der Waals surface area (Å²) < 4.78 is 0. The summed E-state index contributed by atoms with van der Waals surface area (Å²) in [4.78, 5) is 1.33. The van der Waals surface area contributed by atoms with Gasteiger partial charge in [-0.2, -0.15) is 0 Å². The minimum absolute atomic E-state index is 0.161. The van der Waals surface area contributed by atoms with E-state index in [2.05, 4.69) is 53.8 Å². The van der Waals surface area contributed by atoms with Crippen molar-refractivity contribution in [2.45, 2.75) is 16.7 Å². The molecule has 1 atom stereocenters. The molecule has 0 saturated heterocycles. The van der Waals surface area contributed by atoms with Gasteiger partial charge in [-0.3, -0.25) is 0 Å². The van der Waals surface area contributed by atoms with Crippen molar-refractivity contribution in [1.82, 2.24) is 5.32 Å².